The van der Waals surface area contributed by atoms with Gasteiger partial charge in [-0.3, -0.25) is 0 Å². The molecule has 2 heterocycles. The topological polar surface area (TPSA) is 42.2 Å². The number of nitrogens with zero attached hydrogens (tertiary/aromatic N) is 3. The Morgan fingerprint density at radius 1 is 1.25 bits per heavy atom. The van der Waals surface area contributed by atoms with Crippen LogP contribution in [0.2, 0.25) is 0 Å². The molecule has 1 unspecified atom stereocenters. The molecule has 110 valence electrons. The average molecular weight is 286 g/mol. The van der Waals surface area contributed by atoms with E-state index in [-0.39, 0.29) is 11.5 Å². The fourth-order valence-electron chi connectivity index (χ4n) is 1.59. The third-order valence-corrected chi connectivity index (χ3v) is 3.33. The van der Waals surface area contributed by atoms with Gasteiger partial charge < -0.3 is 5.32 Å². The van der Waals surface area contributed by atoms with Crippen molar-refractivity contribution in [2.75, 3.05) is 5.32 Å². The number of anilines is 1. The van der Waals surface area contributed by atoms with E-state index in [4.69, 9.17) is 0 Å². The molecule has 2 aromatic rings. The Morgan fingerprint density at radius 3 is 2.45 bits per heavy atom. The summed E-state index contributed by atoms with van der Waals surface area (Å²) in [5.74, 6) is 0.401. The standard InChI is InChI=1S/C13H17F3N4/c1-8(12(2,3)4)18-11-9-7-10(13(14,15)16)19-20(9)6-5-17-11/h5-8H,1-4H3,(H,17,18). The number of aromatic nitrogens is 3. The zero-order valence-electron chi connectivity index (χ0n) is 11.8. The summed E-state index contributed by atoms with van der Waals surface area (Å²) in [5, 5.41) is 6.68. The normalized spacial score (nSPS) is 14.6. The van der Waals surface area contributed by atoms with Gasteiger partial charge in [-0.2, -0.15) is 18.3 Å². The molecule has 0 aliphatic heterocycles. The SMILES string of the molecule is CC(Nc1nccn2nc(C(F)(F)F)cc12)C(C)(C)C. The van der Waals surface area contributed by atoms with Crippen molar-refractivity contribution in [3.8, 4) is 0 Å². The van der Waals surface area contributed by atoms with Crippen LogP contribution < -0.4 is 5.32 Å². The van der Waals surface area contributed by atoms with Crippen molar-refractivity contribution in [1.29, 1.82) is 0 Å². The molecule has 7 heteroatoms. The fourth-order valence-corrected chi connectivity index (χ4v) is 1.59. The molecule has 0 bridgehead atoms. The van der Waals surface area contributed by atoms with Crippen LogP contribution in [0.25, 0.3) is 5.52 Å². The third-order valence-electron chi connectivity index (χ3n) is 3.33. The second kappa shape index (κ2) is 4.64. The van der Waals surface area contributed by atoms with Crippen LogP contribution in [-0.2, 0) is 6.18 Å². The second-order valence-corrected chi connectivity index (χ2v) is 5.87. The van der Waals surface area contributed by atoms with Crippen LogP contribution >= 0.6 is 0 Å². The Labute approximate surface area is 115 Å². The molecule has 0 spiro atoms. The fraction of sp³-hybridized carbons (Fsp3) is 0.538. The Kier molecular flexibility index (Phi) is 3.39. The summed E-state index contributed by atoms with van der Waals surface area (Å²) in [4.78, 5) is 4.12. The van der Waals surface area contributed by atoms with E-state index in [0.29, 0.717) is 11.3 Å². The van der Waals surface area contributed by atoms with Crippen molar-refractivity contribution in [3.05, 3.63) is 24.2 Å². The van der Waals surface area contributed by atoms with Gasteiger partial charge in [0.25, 0.3) is 0 Å². The molecule has 1 atom stereocenters. The highest BCUT2D eigenvalue weighted by atomic mass is 19.4. The van der Waals surface area contributed by atoms with Crippen LogP contribution in [0.1, 0.15) is 33.4 Å². The van der Waals surface area contributed by atoms with Crippen LogP contribution in [0.4, 0.5) is 19.0 Å². The predicted molar refractivity (Wildman–Crippen MR) is 70.5 cm³/mol. The highest BCUT2D eigenvalue weighted by Gasteiger charge is 2.34. The summed E-state index contributed by atoms with van der Waals surface area (Å²) in [7, 11) is 0. The minimum atomic E-state index is -4.46. The van der Waals surface area contributed by atoms with E-state index < -0.39 is 11.9 Å². The highest BCUT2D eigenvalue weighted by Crippen LogP contribution is 2.31. The van der Waals surface area contributed by atoms with Gasteiger partial charge in [0.15, 0.2) is 11.5 Å². The van der Waals surface area contributed by atoms with E-state index in [9.17, 15) is 13.2 Å². The van der Waals surface area contributed by atoms with Crippen molar-refractivity contribution < 1.29 is 13.2 Å². The van der Waals surface area contributed by atoms with Gasteiger partial charge in [0.1, 0.15) is 5.52 Å². The quantitative estimate of drug-likeness (QED) is 0.917. The van der Waals surface area contributed by atoms with E-state index in [1.165, 1.54) is 16.9 Å². The van der Waals surface area contributed by atoms with Crippen molar-refractivity contribution in [3.63, 3.8) is 0 Å². The molecule has 0 saturated carbocycles. The number of nitrogens with one attached hydrogen (secondary N) is 1. The molecule has 4 nitrogen and oxygen atoms in total. The Bertz CT molecular complexity index is 610. The van der Waals surface area contributed by atoms with Gasteiger partial charge in [-0.25, -0.2) is 9.50 Å². The molecule has 0 aromatic carbocycles. The van der Waals surface area contributed by atoms with Gasteiger partial charge in [-0.15, -0.1) is 0 Å². The molecule has 0 saturated heterocycles. The van der Waals surface area contributed by atoms with E-state index in [2.05, 4.69) is 15.4 Å². The number of fused-ring (bicyclic) bond motifs is 1. The molecule has 0 aliphatic rings. The van der Waals surface area contributed by atoms with Crippen molar-refractivity contribution in [2.24, 2.45) is 5.41 Å². The minimum absolute atomic E-state index is 0.0403. The summed E-state index contributed by atoms with van der Waals surface area (Å²) in [6.07, 6.45) is -1.63. The molecule has 2 rings (SSSR count). The molecule has 0 fully saturated rings. The van der Waals surface area contributed by atoms with E-state index in [0.717, 1.165) is 6.07 Å². The molecule has 0 amide bonds. The first-order chi connectivity index (χ1) is 9.09. The second-order valence-electron chi connectivity index (χ2n) is 5.87. The van der Waals surface area contributed by atoms with Crippen LogP contribution in [0.3, 0.4) is 0 Å². The van der Waals surface area contributed by atoms with Crippen molar-refractivity contribution in [2.45, 2.75) is 39.9 Å². The molecular formula is C13H17F3N4. The summed E-state index contributed by atoms with van der Waals surface area (Å²) >= 11 is 0. The molecule has 0 radical (unpaired) electrons. The number of rotatable bonds is 2. The van der Waals surface area contributed by atoms with Gasteiger partial charge in [0.05, 0.1) is 0 Å². The number of alkyl halides is 3. The molecule has 2 aromatic heterocycles. The monoisotopic (exact) mass is 286 g/mol. The predicted octanol–water partition coefficient (Wildman–Crippen LogP) is 3.59. The summed E-state index contributed by atoms with van der Waals surface area (Å²) in [6, 6.07) is 1.05. The third kappa shape index (κ3) is 2.86. The minimum Gasteiger partial charge on any atom is -0.365 e. The van der Waals surface area contributed by atoms with Crippen LogP contribution in [0.15, 0.2) is 18.5 Å². The Hall–Kier alpha value is -1.79. The van der Waals surface area contributed by atoms with Crippen LogP contribution in [0.5, 0.6) is 0 Å². The average Bonchev–Trinajstić information content (AvgIpc) is 2.72. The molecular weight excluding hydrogens is 269 g/mol. The lowest BCUT2D eigenvalue weighted by Gasteiger charge is -2.28. The van der Waals surface area contributed by atoms with Gasteiger partial charge in [-0.05, 0) is 12.3 Å². The van der Waals surface area contributed by atoms with Gasteiger partial charge in [-0.1, -0.05) is 20.8 Å². The Morgan fingerprint density at radius 2 is 1.90 bits per heavy atom. The van der Waals surface area contributed by atoms with Crippen LogP contribution in [-0.4, -0.2) is 20.6 Å². The number of hydrogen-bond donors (Lipinski definition) is 1. The molecule has 20 heavy (non-hydrogen) atoms. The smallest absolute Gasteiger partial charge is 0.365 e. The lowest BCUT2D eigenvalue weighted by molar-refractivity contribution is -0.141. The molecule has 0 aliphatic carbocycles. The first kappa shape index (κ1) is 14.6. The van der Waals surface area contributed by atoms with Gasteiger partial charge in [0.2, 0.25) is 0 Å². The number of halogens is 3. The lowest BCUT2D eigenvalue weighted by Crippen LogP contribution is -2.31. The van der Waals surface area contributed by atoms with E-state index in [1.54, 1.807) is 0 Å². The molecule has 1 N–H and O–H groups in total. The summed E-state index contributed by atoms with van der Waals surface area (Å²) in [6.45, 7) is 8.10. The summed E-state index contributed by atoms with van der Waals surface area (Å²) < 4.78 is 39.3. The number of hydrogen-bond acceptors (Lipinski definition) is 3. The van der Waals surface area contributed by atoms with E-state index >= 15 is 0 Å². The largest absolute Gasteiger partial charge is 0.435 e. The maximum absolute atomic E-state index is 12.7. The van der Waals surface area contributed by atoms with Crippen LogP contribution in [0, 0.1) is 5.41 Å². The summed E-state index contributed by atoms with van der Waals surface area (Å²) in [5.41, 5.74) is -0.644. The maximum Gasteiger partial charge on any atom is 0.435 e. The first-order valence-electron chi connectivity index (χ1n) is 6.27. The van der Waals surface area contributed by atoms with Gasteiger partial charge >= 0.3 is 6.18 Å². The zero-order valence-corrected chi connectivity index (χ0v) is 11.8. The zero-order chi connectivity index (χ0) is 15.1. The Balaban J connectivity index is 2.42. The first-order valence-corrected chi connectivity index (χ1v) is 6.27. The van der Waals surface area contributed by atoms with E-state index in [1.807, 2.05) is 27.7 Å². The maximum atomic E-state index is 12.7. The highest BCUT2D eigenvalue weighted by molar-refractivity contribution is 5.68. The lowest BCUT2D eigenvalue weighted by atomic mass is 9.88. The van der Waals surface area contributed by atoms with Crippen molar-refractivity contribution in [1.82, 2.24) is 14.6 Å². The van der Waals surface area contributed by atoms with Crippen molar-refractivity contribution >= 4 is 11.3 Å². The van der Waals surface area contributed by atoms with Gasteiger partial charge in [0, 0.05) is 24.5 Å².